The van der Waals surface area contributed by atoms with Crippen molar-refractivity contribution in [3.05, 3.63) is 52.5 Å². The van der Waals surface area contributed by atoms with Crippen LogP contribution < -0.4 is 14.8 Å². The second-order valence-corrected chi connectivity index (χ2v) is 6.08. The van der Waals surface area contributed by atoms with E-state index in [4.69, 9.17) is 25.8 Å². The molecule has 2 N–H and O–H groups in total. The van der Waals surface area contributed by atoms with Gasteiger partial charge in [-0.2, -0.15) is 0 Å². The Hall–Kier alpha value is -2.93. The van der Waals surface area contributed by atoms with Crippen LogP contribution in [0.4, 0.5) is 0 Å². The lowest BCUT2D eigenvalue weighted by atomic mass is 10.1. The molecule has 0 aliphatic carbocycles. The van der Waals surface area contributed by atoms with Crippen LogP contribution in [-0.2, 0) is 9.53 Å². The maximum Gasteiger partial charge on any atom is 0.342 e. The number of phenolic OH excluding ortho intramolecular Hbond substituents is 1. The Morgan fingerprint density at radius 1 is 1.23 bits per heavy atom. The van der Waals surface area contributed by atoms with Crippen molar-refractivity contribution in [1.29, 1.82) is 0 Å². The molecule has 0 saturated carbocycles. The van der Waals surface area contributed by atoms with E-state index in [1.54, 1.807) is 19.1 Å². The molecular formula is C18H16ClNO6. The van der Waals surface area contributed by atoms with Gasteiger partial charge in [-0.3, -0.25) is 4.79 Å². The summed E-state index contributed by atoms with van der Waals surface area (Å²) in [7, 11) is 0. The number of esters is 1. The van der Waals surface area contributed by atoms with Crippen molar-refractivity contribution >= 4 is 23.5 Å². The van der Waals surface area contributed by atoms with Crippen molar-refractivity contribution in [3.63, 3.8) is 0 Å². The molecule has 0 aromatic heterocycles. The number of hydrogen-bond donors (Lipinski definition) is 2. The molecule has 136 valence electrons. The highest BCUT2D eigenvalue weighted by Crippen LogP contribution is 2.34. The number of amides is 1. The van der Waals surface area contributed by atoms with Gasteiger partial charge in [-0.25, -0.2) is 4.79 Å². The maximum absolute atomic E-state index is 12.0. The minimum atomic E-state index is -0.815. The molecule has 3 rings (SSSR count). The van der Waals surface area contributed by atoms with Crippen molar-refractivity contribution in [2.75, 3.05) is 13.4 Å². The first-order valence-electron chi connectivity index (χ1n) is 7.78. The lowest BCUT2D eigenvalue weighted by molar-refractivity contribution is -0.124. The number of halogens is 1. The van der Waals surface area contributed by atoms with Crippen LogP contribution in [0.2, 0.25) is 5.02 Å². The molecule has 1 aliphatic rings. The number of hydrogen-bond acceptors (Lipinski definition) is 6. The molecule has 0 bridgehead atoms. The van der Waals surface area contributed by atoms with Crippen molar-refractivity contribution < 1.29 is 28.9 Å². The van der Waals surface area contributed by atoms with Crippen molar-refractivity contribution in [1.82, 2.24) is 5.32 Å². The quantitative estimate of drug-likeness (QED) is 0.778. The van der Waals surface area contributed by atoms with Crippen LogP contribution in [0, 0.1) is 0 Å². The summed E-state index contributed by atoms with van der Waals surface area (Å²) in [5, 5.41) is 12.7. The van der Waals surface area contributed by atoms with Crippen molar-refractivity contribution in [3.8, 4) is 17.2 Å². The molecule has 7 nitrogen and oxygen atoms in total. The molecular weight excluding hydrogens is 362 g/mol. The zero-order valence-electron chi connectivity index (χ0n) is 13.8. The van der Waals surface area contributed by atoms with E-state index in [0.29, 0.717) is 11.5 Å². The third-order valence-corrected chi connectivity index (χ3v) is 4.02. The van der Waals surface area contributed by atoms with Crippen LogP contribution in [0.15, 0.2) is 36.4 Å². The summed E-state index contributed by atoms with van der Waals surface area (Å²) in [6.07, 6.45) is 0. The van der Waals surface area contributed by atoms with Crippen molar-refractivity contribution in [2.24, 2.45) is 0 Å². The van der Waals surface area contributed by atoms with Gasteiger partial charge in [0.05, 0.1) is 6.04 Å². The van der Waals surface area contributed by atoms with Crippen LogP contribution >= 0.6 is 11.6 Å². The van der Waals surface area contributed by atoms with Gasteiger partial charge in [0.1, 0.15) is 11.3 Å². The number of fused-ring (bicyclic) bond motifs is 1. The normalized spacial score (nSPS) is 13.2. The topological polar surface area (TPSA) is 94.1 Å². The number of carbonyl (C=O) groups is 2. The highest BCUT2D eigenvalue weighted by Gasteiger charge is 2.18. The monoisotopic (exact) mass is 377 g/mol. The second kappa shape index (κ2) is 7.53. The van der Waals surface area contributed by atoms with E-state index in [9.17, 15) is 14.7 Å². The molecule has 1 atom stereocenters. The van der Waals surface area contributed by atoms with E-state index in [1.807, 2.05) is 6.07 Å². The van der Waals surface area contributed by atoms with Crippen LogP contribution in [0.5, 0.6) is 17.2 Å². The predicted molar refractivity (Wildman–Crippen MR) is 92.5 cm³/mol. The Bertz CT molecular complexity index is 854. The number of phenols is 1. The summed E-state index contributed by atoms with van der Waals surface area (Å²) >= 11 is 5.71. The Balaban J connectivity index is 1.54. The van der Waals surface area contributed by atoms with E-state index < -0.39 is 18.5 Å². The molecule has 1 heterocycles. The first-order valence-corrected chi connectivity index (χ1v) is 8.16. The largest absolute Gasteiger partial charge is 0.507 e. The highest BCUT2D eigenvalue weighted by molar-refractivity contribution is 6.30. The summed E-state index contributed by atoms with van der Waals surface area (Å²) in [5.74, 6) is -0.323. The Kier molecular flexibility index (Phi) is 5.18. The molecule has 2 aromatic carbocycles. The molecule has 1 amide bonds. The minimum absolute atomic E-state index is 0.0639. The zero-order chi connectivity index (χ0) is 18.7. The van der Waals surface area contributed by atoms with Crippen LogP contribution in [-0.4, -0.2) is 30.4 Å². The fourth-order valence-corrected chi connectivity index (χ4v) is 2.60. The van der Waals surface area contributed by atoms with Gasteiger partial charge in [-0.1, -0.05) is 17.7 Å². The van der Waals surface area contributed by atoms with Gasteiger partial charge in [0.2, 0.25) is 6.79 Å². The Labute approximate surface area is 154 Å². The van der Waals surface area contributed by atoms with E-state index in [1.165, 1.54) is 18.2 Å². The second-order valence-electron chi connectivity index (χ2n) is 5.64. The third-order valence-electron chi connectivity index (χ3n) is 3.79. The van der Waals surface area contributed by atoms with Gasteiger partial charge in [0.15, 0.2) is 18.1 Å². The van der Waals surface area contributed by atoms with Crippen LogP contribution in [0.1, 0.15) is 28.9 Å². The molecule has 0 radical (unpaired) electrons. The molecule has 8 heteroatoms. The van der Waals surface area contributed by atoms with Crippen LogP contribution in [0.25, 0.3) is 0 Å². The zero-order valence-corrected chi connectivity index (χ0v) is 14.6. The number of ether oxygens (including phenoxy) is 3. The summed E-state index contributed by atoms with van der Waals surface area (Å²) in [5.41, 5.74) is 0.760. The van der Waals surface area contributed by atoms with Gasteiger partial charge in [0, 0.05) is 5.02 Å². The molecule has 0 unspecified atom stereocenters. The number of benzene rings is 2. The number of aromatic hydroxyl groups is 1. The predicted octanol–water partition coefficient (Wildman–Crippen LogP) is 2.81. The lowest BCUT2D eigenvalue weighted by Gasteiger charge is -2.15. The van der Waals surface area contributed by atoms with E-state index >= 15 is 0 Å². The summed E-state index contributed by atoms with van der Waals surface area (Å²) < 4.78 is 15.5. The minimum Gasteiger partial charge on any atom is -0.507 e. The number of nitrogens with one attached hydrogen (secondary N) is 1. The van der Waals surface area contributed by atoms with E-state index in [0.717, 1.165) is 5.56 Å². The molecule has 0 saturated heterocycles. The van der Waals surface area contributed by atoms with Crippen LogP contribution in [0.3, 0.4) is 0 Å². The van der Waals surface area contributed by atoms with Crippen molar-refractivity contribution in [2.45, 2.75) is 13.0 Å². The summed E-state index contributed by atoms with van der Waals surface area (Å²) in [6.45, 7) is 1.49. The molecule has 26 heavy (non-hydrogen) atoms. The van der Waals surface area contributed by atoms with Gasteiger partial charge >= 0.3 is 5.97 Å². The highest BCUT2D eigenvalue weighted by atomic mass is 35.5. The molecule has 0 fully saturated rings. The summed E-state index contributed by atoms with van der Waals surface area (Å²) in [4.78, 5) is 23.9. The van der Waals surface area contributed by atoms with E-state index in [-0.39, 0.29) is 29.2 Å². The van der Waals surface area contributed by atoms with Gasteiger partial charge in [0.25, 0.3) is 5.91 Å². The average Bonchev–Trinajstić information content (AvgIpc) is 3.07. The van der Waals surface area contributed by atoms with Gasteiger partial charge in [-0.05, 0) is 42.8 Å². The maximum atomic E-state index is 12.0. The average molecular weight is 378 g/mol. The van der Waals surface area contributed by atoms with Gasteiger partial charge in [-0.15, -0.1) is 0 Å². The molecule has 1 aliphatic heterocycles. The molecule has 2 aromatic rings. The first kappa shape index (κ1) is 17.9. The SMILES string of the molecule is C[C@@H](NC(=O)COC(=O)c1ccc(Cl)cc1O)c1ccc2c(c1)OCO2. The van der Waals surface area contributed by atoms with Gasteiger partial charge < -0.3 is 24.6 Å². The summed E-state index contributed by atoms with van der Waals surface area (Å²) in [6, 6.07) is 9.04. The Morgan fingerprint density at radius 3 is 2.77 bits per heavy atom. The Morgan fingerprint density at radius 2 is 2.00 bits per heavy atom. The fraction of sp³-hybridized carbons (Fsp3) is 0.222. The number of carbonyl (C=O) groups excluding carboxylic acids is 2. The van der Waals surface area contributed by atoms with E-state index in [2.05, 4.69) is 5.32 Å². The first-order chi connectivity index (χ1) is 12.4. The smallest absolute Gasteiger partial charge is 0.342 e. The molecule has 0 spiro atoms. The fourth-order valence-electron chi connectivity index (χ4n) is 2.44. The number of rotatable bonds is 5. The third kappa shape index (κ3) is 4.00. The standard InChI is InChI=1S/C18H16ClNO6/c1-10(11-2-5-15-16(6-11)26-9-25-15)20-17(22)8-24-18(23)13-4-3-12(19)7-14(13)21/h2-7,10,21H,8-9H2,1H3,(H,20,22)/t10-/m1/s1. The lowest BCUT2D eigenvalue weighted by Crippen LogP contribution is -2.31.